The lowest BCUT2D eigenvalue weighted by atomic mass is 10.3. The van der Waals surface area contributed by atoms with Crippen molar-refractivity contribution >= 4 is 39.1 Å². The zero-order chi connectivity index (χ0) is 20.9. The number of nitrogens with one attached hydrogen (secondary N) is 2. The number of carbonyl (C=O) groups is 1. The highest BCUT2D eigenvalue weighted by molar-refractivity contribution is 7.99. The Morgan fingerprint density at radius 3 is 2.45 bits per heavy atom. The molecule has 0 aliphatic heterocycles. The van der Waals surface area contributed by atoms with E-state index in [1.165, 1.54) is 67.1 Å². The van der Waals surface area contributed by atoms with Crippen LogP contribution in [-0.4, -0.2) is 30.1 Å². The predicted octanol–water partition coefficient (Wildman–Crippen LogP) is 3.84. The second kappa shape index (κ2) is 8.97. The Balaban J connectivity index is 1.74. The fourth-order valence-electron chi connectivity index (χ4n) is 2.27. The molecule has 0 aliphatic carbocycles. The summed E-state index contributed by atoms with van der Waals surface area (Å²) in [7, 11) is -3.96. The third-order valence-electron chi connectivity index (χ3n) is 3.53. The highest BCUT2D eigenvalue weighted by atomic mass is 32.2. The van der Waals surface area contributed by atoms with E-state index in [1.54, 1.807) is 0 Å². The first kappa shape index (κ1) is 20.7. The molecule has 2 N–H and O–H groups in total. The van der Waals surface area contributed by atoms with Crippen LogP contribution < -0.4 is 10.0 Å². The topological polar surface area (TPSA) is 101 Å². The number of hydrogen-bond acceptors (Lipinski definition) is 6. The molecule has 1 amide bonds. The van der Waals surface area contributed by atoms with E-state index in [2.05, 4.69) is 20.0 Å². The average molecular weight is 436 g/mol. The minimum atomic E-state index is -3.96. The fourth-order valence-corrected chi connectivity index (χ4v) is 3.87. The lowest BCUT2D eigenvalue weighted by molar-refractivity contribution is 0.102. The molecule has 1 heterocycles. The van der Waals surface area contributed by atoms with E-state index in [9.17, 15) is 22.0 Å². The molecule has 0 aliphatic rings. The van der Waals surface area contributed by atoms with Crippen LogP contribution in [-0.2, 0) is 10.0 Å². The third kappa shape index (κ3) is 5.72. The molecule has 2 aromatic carbocycles. The van der Waals surface area contributed by atoms with Crippen LogP contribution >= 0.6 is 11.8 Å². The van der Waals surface area contributed by atoms with E-state index in [0.717, 1.165) is 0 Å². The Hall–Kier alpha value is -3.05. The number of rotatable bonds is 7. The molecular formula is C18H14F2N4O3S2. The maximum atomic E-state index is 12.6. The number of benzene rings is 2. The number of hydrogen-bond donors (Lipinski definition) is 2. The number of carbonyl (C=O) groups excluding carboxylic acids is 1. The molecule has 3 rings (SSSR count). The van der Waals surface area contributed by atoms with Crippen LogP contribution in [0.1, 0.15) is 10.5 Å². The Labute approximate surface area is 169 Å². The van der Waals surface area contributed by atoms with Crippen molar-refractivity contribution in [2.75, 3.05) is 10.0 Å². The van der Waals surface area contributed by atoms with Gasteiger partial charge >= 0.3 is 0 Å². The molecule has 11 heteroatoms. The molecular weight excluding hydrogens is 422 g/mol. The zero-order valence-corrected chi connectivity index (χ0v) is 16.3. The first-order chi connectivity index (χ1) is 13.8. The molecule has 1 aromatic heterocycles. The van der Waals surface area contributed by atoms with Crippen LogP contribution in [0.4, 0.5) is 20.2 Å². The van der Waals surface area contributed by atoms with Crippen LogP contribution in [0.5, 0.6) is 0 Å². The normalized spacial score (nSPS) is 11.3. The van der Waals surface area contributed by atoms with Gasteiger partial charge in [-0.2, -0.15) is 8.78 Å². The van der Waals surface area contributed by atoms with Crippen LogP contribution in [0.25, 0.3) is 0 Å². The van der Waals surface area contributed by atoms with Crippen molar-refractivity contribution in [1.82, 2.24) is 9.97 Å². The Bertz CT molecular complexity index is 1100. The van der Waals surface area contributed by atoms with Crippen molar-refractivity contribution < 1.29 is 22.0 Å². The number of amides is 1. The van der Waals surface area contributed by atoms with E-state index >= 15 is 0 Å². The van der Waals surface area contributed by atoms with Crippen LogP contribution in [0.3, 0.4) is 0 Å². The van der Waals surface area contributed by atoms with E-state index in [1.807, 2.05) is 0 Å². The summed E-state index contributed by atoms with van der Waals surface area (Å²) in [6.45, 7) is 0. The molecule has 150 valence electrons. The maximum absolute atomic E-state index is 12.6. The summed E-state index contributed by atoms with van der Waals surface area (Å²) in [5.41, 5.74) is 0.561. The molecule has 3 aromatic rings. The molecule has 0 spiro atoms. The zero-order valence-electron chi connectivity index (χ0n) is 14.6. The van der Waals surface area contributed by atoms with Crippen LogP contribution in [0.15, 0.2) is 76.9 Å². The standard InChI is InChI=1S/C18H14F2N4O3S2/c19-18(20)28-14-6-4-12(5-7-14)24-29(26,27)15-3-1-2-13(10-15)23-17(25)16-11-21-8-9-22-16/h1-11,18,24H,(H,23,25). The minimum absolute atomic E-state index is 0.0829. The summed E-state index contributed by atoms with van der Waals surface area (Å²) >= 11 is 0.367. The van der Waals surface area contributed by atoms with Gasteiger partial charge < -0.3 is 5.32 Å². The van der Waals surface area contributed by atoms with Gasteiger partial charge in [0.05, 0.1) is 11.1 Å². The van der Waals surface area contributed by atoms with Gasteiger partial charge in [-0.15, -0.1) is 0 Å². The second-order valence-corrected chi connectivity index (χ2v) is 8.33. The Morgan fingerprint density at radius 1 is 1.03 bits per heavy atom. The molecule has 0 unspecified atom stereocenters. The van der Waals surface area contributed by atoms with Gasteiger partial charge in [0, 0.05) is 28.7 Å². The number of sulfonamides is 1. The molecule has 0 bridgehead atoms. The van der Waals surface area contributed by atoms with Gasteiger partial charge in [0.2, 0.25) is 0 Å². The smallest absolute Gasteiger partial charge is 0.288 e. The molecule has 0 saturated carbocycles. The SMILES string of the molecule is O=C(Nc1cccc(S(=O)(=O)Nc2ccc(SC(F)F)cc2)c1)c1cnccn1. The molecule has 7 nitrogen and oxygen atoms in total. The summed E-state index contributed by atoms with van der Waals surface area (Å²) in [4.78, 5) is 20.0. The summed E-state index contributed by atoms with van der Waals surface area (Å²) in [5, 5.41) is 2.55. The van der Waals surface area contributed by atoms with Gasteiger partial charge in [0.25, 0.3) is 21.7 Å². The van der Waals surface area contributed by atoms with Crippen molar-refractivity contribution in [1.29, 1.82) is 0 Å². The second-order valence-electron chi connectivity index (χ2n) is 5.58. The van der Waals surface area contributed by atoms with E-state index in [0.29, 0.717) is 16.7 Å². The minimum Gasteiger partial charge on any atom is -0.321 e. The summed E-state index contributed by atoms with van der Waals surface area (Å²) in [5.74, 6) is -3.09. The molecule has 0 fully saturated rings. The van der Waals surface area contributed by atoms with Crippen molar-refractivity contribution in [2.24, 2.45) is 0 Å². The van der Waals surface area contributed by atoms with Crippen LogP contribution in [0, 0.1) is 0 Å². The van der Waals surface area contributed by atoms with Crippen molar-refractivity contribution in [3.05, 3.63) is 72.8 Å². The number of anilines is 2. The van der Waals surface area contributed by atoms with Crippen molar-refractivity contribution in [2.45, 2.75) is 15.5 Å². The number of halogens is 2. The van der Waals surface area contributed by atoms with Gasteiger partial charge in [-0.3, -0.25) is 14.5 Å². The lowest BCUT2D eigenvalue weighted by Crippen LogP contribution is -2.16. The van der Waals surface area contributed by atoms with Crippen LogP contribution in [0.2, 0.25) is 0 Å². The number of nitrogens with zero attached hydrogens (tertiary/aromatic N) is 2. The monoisotopic (exact) mass is 436 g/mol. The fraction of sp³-hybridized carbons (Fsp3) is 0.0556. The third-order valence-corrected chi connectivity index (χ3v) is 5.63. The first-order valence-corrected chi connectivity index (χ1v) is 10.4. The number of thioether (sulfide) groups is 1. The Morgan fingerprint density at radius 2 is 1.79 bits per heavy atom. The van der Waals surface area contributed by atoms with Gasteiger partial charge in [-0.05, 0) is 42.5 Å². The van der Waals surface area contributed by atoms with Crippen molar-refractivity contribution in [3.63, 3.8) is 0 Å². The number of aromatic nitrogens is 2. The molecule has 0 atom stereocenters. The number of alkyl halides is 2. The average Bonchev–Trinajstić information content (AvgIpc) is 2.70. The first-order valence-electron chi connectivity index (χ1n) is 8.08. The van der Waals surface area contributed by atoms with Crippen molar-refractivity contribution in [3.8, 4) is 0 Å². The molecule has 0 saturated heterocycles. The van der Waals surface area contributed by atoms with Gasteiger partial charge in [-0.1, -0.05) is 17.8 Å². The largest absolute Gasteiger partial charge is 0.321 e. The van der Waals surface area contributed by atoms with E-state index < -0.39 is 21.7 Å². The highest BCUT2D eigenvalue weighted by Crippen LogP contribution is 2.27. The summed E-state index contributed by atoms with van der Waals surface area (Å²) < 4.78 is 52.3. The van der Waals surface area contributed by atoms with Gasteiger partial charge in [0.1, 0.15) is 5.69 Å². The summed E-state index contributed by atoms with van der Waals surface area (Å²) in [6, 6.07) is 11.2. The maximum Gasteiger partial charge on any atom is 0.288 e. The molecule has 29 heavy (non-hydrogen) atoms. The quantitative estimate of drug-likeness (QED) is 0.546. The highest BCUT2D eigenvalue weighted by Gasteiger charge is 2.16. The van der Waals surface area contributed by atoms with Gasteiger partial charge in [-0.25, -0.2) is 13.4 Å². The lowest BCUT2D eigenvalue weighted by Gasteiger charge is -2.10. The van der Waals surface area contributed by atoms with E-state index in [-0.39, 0.29) is 22.0 Å². The summed E-state index contributed by atoms with van der Waals surface area (Å²) in [6.07, 6.45) is 4.08. The molecule has 0 radical (unpaired) electrons. The van der Waals surface area contributed by atoms with Gasteiger partial charge in [0.15, 0.2) is 0 Å². The Kier molecular flexibility index (Phi) is 6.39. The predicted molar refractivity (Wildman–Crippen MR) is 106 cm³/mol. The van der Waals surface area contributed by atoms with E-state index in [4.69, 9.17) is 0 Å².